The molecule has 4 aromatic rings. The number of sulfonamides is 1. The molecule has 0 unspecified atom stereocenters. The number of benzene rings is 4. The molecule has 0 saturated heterocycles. The van der Waals surface area contributed by atoms with Crippen molar-refractivity contribution in [1.29, 1.82) is 0 Å². The average molecular weight is 677 g/mol. The number of nitrogens with zero attached hydrogens (tertiary/aromatic N) is 1. The smallest absolute Gasteiger partial charge is 0.417 e. The van der Waals surface area contributed by atoms with Gasteiger partial charge in [0, 0.05) is 17.0 Å². The number of alkyl halides is 3. The second kappa shape index (κ2) is 13.0. The van der Waals surface area contributed by atoms with Crippen molar-refractivity contribution in [1.82, 2.24) is 5.32 Å². The van der Waals surface area contributed by atoms with E-state index in [2.05, 4.69) is 5.32 Å². The number of amides is 1. The molecule has 0 spiro atoms. The molecule has 0 saturated carbocycles. The standard InChI is InChI=1S/C32H25ClF4N2O6S/c33-24-7-3-2-6-22(24)20-10-12-29(23(17-20)32(35,36)37)46(43,44)39-26-8-4-1-5-21(26)18-27(39)31(42)38-13-14-45-28-11-9-19(15-25(28)34)16-30(40)41/h1-12,15,17,27H,13-14,16,18H2,(H,38,42)(H,40,41)/t27-/m0/s1. The summed E-state index contributed by atoms with van der Waals surface area (Å²) in [7, 11) is -4.96. The molecule has 0 aromatic heterocycles. The van der Waals surface area contributed by atoms with Crippen LogP contribution in [0.2, 0.25) is 5.02 Å². The number of carbonyl (C=O) groups is 2. The molecule has 1 atom stereocenters. The van der Waals surface area contributed by atoms with Crippen LogP contribution in [0.15, 0.2) is 89.8 Å². The Morgan fingerprint density at radius 2 is 1.72 bits per heavy atom. The molecule has 46 heavy (non-hydrogen) atoms. The van der Waals surface area contributed by atoms with Crippen LogP contribution in [0.5, 0.6) is 5.75 Å². The number of halogens is 5. The van der Waals surface area contributed by atoms with E-state index in [-0.39, 0.29) is 59.1 Å². The number of carboxylic acid groups (broad SMARTS) is 1. The molecule has 5 rings (SSSR count). The Balaban J connectivity index is 1.40. The zero-order valence-corrected chi connectivity index (χ0v) is 25.3. The zero-order chi connectivity index (χ0) is 33.2. The predicted octanol–water partition coefficient (Wildman–Crippen LogP) is 6.11. The first-order valence-electron chi connectivity index (χ1n) is 13.8. The Kier molecular flexibility index (Phi) is 9.27. The molecule has 14 heteroatoms. The molecule has 4 aromatic carbocycles. The summed E-state index contributed by atoms with van der Waals surface area (Å²) in [5.74, 6) is -2.94. The molecule has 0 bridgehead atoms. The monoisotopic (exact) mass is 676 g/mol. The molecule has 0 fully saturated rings. The highest BCUT2D eigenvalue weighted by molar-refractivity contribution is 7.93. The van der Waals surface area contributed by atoms with Gasteiger partial charge >= 0.3 is 12.1 Å². The van der Waals surface area contributed by atoms with E-state index in [0.717, 1.165) is 18.2 Å². The highest BCUT2D eigenvalue weighted by Crippen LogP contribution is 2.43. The summed E-state index contributed by atoms with van der Waals surface area (Å²) in [4.78, 5) is 23.2. The normalized spacial score (nSPS) is 14.5. The fourth-order valence-electron chi connectivity index (χ4n) is 5.20. The maximum atomic E-state index is 14.4. The van der Waals surface area contributed by atoms with Crippen molar-refractivity contribution in [2.75, 3.05) is 17.5 Å². The molecule has 8 nitrogen and oxygen atoms in total. The summed E-state index contributed by atoms with van der Waals surface area (Å²) in [6, 6.07) is 17.3. The Morgan fingerprint density at radius 1 is 1.00 bits per heavy atom. The van der Waals surface area contributed by atoms with Gasteiger partial charge in [0.25, 0.3) is 10.0 Å². The van der Waals surface area contributed by atoms with E-state index < -0.39 is 50.4 Å². The number of fused-ring (bicyclic) bond motifs is 1. The zero-order valence-electron chi connectivity index (χ0n) is 23.7. The van der Waals surface area contributed by atoms with Gasteiger partial charge in [-0.1, -0.05) is 60.1 Å². The van der Waals surface area contributed by atoms with Crippen LogP contribution in [-0.2, 0) is 38.6 Å². The maximum Gasteiger partial charge on any atom is 0.417 e. The first kappa shape index (κ1) is 32.8. The van der Waals surface area contributed by atoms with Crippen LogP contribution in [0.1, 0.15) is 16.7 Å². The van der Waals surface area contributed by atoms with E-state index in [4.69, 9.17) is 21.4 Å². The van der Waals surface area contributed by atoms with Gasteiger partial charge in [-0.25, -0.2) is 12.8 Å². The summed E-state index contributed by atoms with van der Waals surface area (Å²) in [5, 5.41) is 11.6. The second-order valence-electron chi connectivity index (χ2n) is 10.3. The number of carboxylic acids is 1. The number of hydrogen-bond donors (Lipinski definition) is 2. The Labute approximate surface area is 266 Å². The van der Waals surface area contributed by atoms with Gasteiger partial charge in [-0.2, -0.15) is 13.2 Å². The number of para-hydroxylation sites is 1. The molecule has 0 radical (unpaired) electrons. The van der Waals surface area contributed by atoms with Gasteiger partial charge in [-0.15, -0.1) is 0 Å². The average Bonchev–Trinajstić information content (AvgIpc) is 3.40. The van der Waals surface area contributed by atoms with Gasteiger partial charge in [0.15, 0.2) is 11.6 Å². The molecule has 1 heterocycles. The number of aliphatic carboxylic acids is 1. The minimum absolute atomic E-state index is 0.0564. The third-order valence-electron chi connectivity index (χ3n) is 7.25. The van der Waals surface area contributed by atoms with Crippen LogP contribution in [0.4, 0.5) is 23.2 Å². The van der Waals surface area contributed by atoms with Gasteiger partial charge < -0.3 is 15.2 Å². The summed E-state index contributed by atoms with van der Waals surface area (Å²) in [5.41, 5.74) is -0.363. The van der Waals surface area contributed by atoms with Crippen LogP contribution >= 0.6 is 11.6 Å². The summed E-state index contributed by atoms with van der Waals surface area (Å²) in [6.07, 6.45) is -5.57. The van der Waals surface area contributed by atoms with Gasteiger partial charge in [0.05, 0.1) is 29.1 Å². The maximum absolute atomic E-state index is 14.4. The molecular formula is C32H25ClF4N2O6S. The molecule has 2 N–H and O–H groups in total. The number of ether oxygens (including phenoxy) is 1. The van der Waals surface area contributed by atoms with Crippen LogP contribution in [0.25, 0.3) is 11.1 Å². The predicted molar refractivity (Wildman–Crippen MR) is 162 cm³/mol. The first-order valence-corrected chi connectivity index (χ1v) is 15.6. The third kappa shape index (κ3) is 6.80. The summed E-state index contributed by atoms with van der Waals surface area (Å²) in [6.45, 7) is -0.439. The van der Waals surface area contributed by atoms with Crippen LogP contribution in [0, 0.1) is 5.82 Å². The minimum atomic E-state index is -5.07. The topological polar surface area (TPSA) is 113 Å². The molecule has 1 aliphatic heterocycles. The van der Waals surface area contributed by atoms with E-state index in [1.165, 1.54) is 42.5 Å². The largest absolute Gasteiger partial charge is 0.489 e. The van der Waals surface area contributed by atoms with Crippen molar-refractivity contribution in [3.8, 4) is 16.9 Å². The van der Waals surface area contributed by atoms with E-state index in [1.54, 1.807) is 24.3 Å². The molecule has 1 amide bonds. The van der Waals surface area contributed by atoms with Gasteiger partial charge in [-0.3, -0.25) is 13.9 Å². The van der Waals surface area contributed by atoms with E-state index in [1.807, 2.05) is 0 Å². The fourth-order valence-corrected chi connectivity index (χ4v) is 7.29. The lowest BCUT2D eigenvalue weighted by atomic mass is 10.0. The number of nitrogens with one attached hydrogen (secondary N) is 1. The van der Waals surface area contributed by atoms with Crippen molar-refractivity contribution in [3.05, 3.63) is 112 Å². The van der Waals surface area contributed by atoms with E-state index in [0.29, 0.717) is 9.87 Å². The van der Waals surface area contributed by atoms with Crippen molar-refractivity contribution in [3.63, 3.8) is 0 Å². The van der Waals surface area contributed by atoms with Crippen molar-refractivity contribution >= 4 is 39.2 Å². The minimum Gasteiger partial charge on any atom is -0.489 e. The van der Waals surface area contributed by atoms with Crippen LogP contribution < -0.4 is 14.4 Å². The number of rotatable bonds is 10. The highest BCUT2D eigenvalue weighted by atomic mass is 35.5. The molecule has 1 aliphatic rings. The Bertz CT molecular complexity index is 1920. The SMILES string of the molecule is O=C(O)Cc1ccc(OCCNC(=O)[C@@H]2Cc3ccccc3N2S(=O)(=O)c2ccc(-c3ccccc3Cl)cc2C(F)(F)F)c(F)c1. The number of anilines is 1. The lowest BCUT2D eigenvalue weighted by Gasteiger charge is -2.28. The molecule has 0 aliphatic carbocycles. The van der Waals surface area contributed by atoms with Gasteiger partial charge in [-0.05, 0) is 53.1 Å². The second-order valence-corrected chi connectivity index (χ2v) is 12.5. The summed E-state index contributed by atoms with van der Waals surface area (Å²) >= 11 is 6.19. The Morgan fingerprint density at radius 3 is 2.41 bits per heavy atom. The van der Waals surface area contributed by atoms with E-state index >= 15 is 0 Å². The van der Waals surface area contributed by atoms with Crippen molar-refractivity contribution in [2.24, 2.45) is 0 Å². The van der Waals surface area contributed by atoms with Crippen LogP contribution in [0.3, 0.4) is 0 Å². The van der Waals surface area contributed by atoms with Gasteiger partial charge in [0.2, 0.25) is 5.91 Å². The third-order valence-corrected chi connectivity index (χ3v) is 9.46. The van der Waals surface area contributed by atoms with Crippen LogP contribution in [-0.4, -0.2) is 44.6 Å². The first-order chi connectivity index (χ1) is 21.8. The molecular weight excluding hydrogens is 652 g/mol. The Hall–Kier alpha value is -4.62. The lowest BCUT2D eigenvalue weighted by molar-refractivity contribution is -0.140. The number of hydrogen-bond acceptors (Lipinski definition) is 5. The highest BCUT2D eigenvalue weighted by Gasteiger charge is 2.46. The van der Waals surface area contributed by atoms with Crippen molar-refractivity contribution in [2.45, 2.75) is 30.0 Å². The number of carbonyl (C=O) groups excluding carboxylic acids is 1. The van der Waals surface area contributed by atoms with Gasteiger partial charge in [0.1, 0.15) is 12.6 Å². The molecule has 240 valence electrons. The lowest BCUT2D eigenvalue weighted by Crippen LogP contribution is -2.49. The van der Waals surface area contributed by atoms with Crippen molar-refractivity contribution < 1.29 is 45.4 Å². The van der Waals surface area contributed by atoms with E-state index in [9.17, 15) is 35.6 Å². The summed E-state index contributed by atoms with van der Waals surface area (Å²) < 4.78 is 91.7. The quantitative estimate of drug-likeness (QED) is 0.155. The fraction of sp³-hybridized carbons (Fsp3) is 0.188.